The van der Waals surface area contributed by atoms with E-state index in [1.54, 1.807) is 0 Å². The van der Waals surface area contributed by atoms with Crippen LogP contribution in [0.1, 0.15) is 27.1 Å². The molecule has 0 nitrogen and oxygen atoms in total. The van der Waals surface area contributed by atoms with Crippen molar-refractivity contribution < 1.29 is 0 Å². The Morgan fingerprint density at radius 3 is 2.33 bits per heavy atom. The Hall–Kier alpha value is -1.31. The smallest absolute Gasteiger partial charge is 0.0650 e. The summed E-state index contributed by atoms with van der Waals surface area (Å²) in [5, 5.41) is 3.62. The average molecular weight is 358 g/mol. The Labute approximate surface area is 137 Å². The molecule has 0 fully saturated rings. The highest BCUT2D eigenvalue weighted by Crippen LogP contribution is 2.40. The van der Waals surface area contributed by atoms with E-state index in [1.807, 2.05) is 12.1 Å². The van der Waals surface area contributed by atoms with Crippen molar-refractivity contribution in [1.29, 1.82) is 0 Å². The normalized spacial score (nSPS) is 14.6. The minimum absolute atomic E-state index is 0.194. The zero-order chi connectivity index (χ0) is 14.4. The molecule has 2 heteroatoms. The van der Waals surface area contributed by atoms with E-state index in [0.717, 1.165) is 5.02 Å². The molecular weight excluding hydrogens is 344 g/mol. The third kappa shape index (κ3) is 2.20. The maximum atomic E-state index is 5.99. The largest absolute Gasteiger partial charge is 0.0843 e. The summed E-state index contributed by atoms with van der Waals surface area (Å²) in [4.78, 5) is 0.194. The first-order chi connectivity index (χ1) is 10.2. The standard InChI is InChI=1S/C19H14BrCl/c20-19(14-6-9-15(21)10-7-14)17-11-8-13-5-4-12-2-1-3-16(17)18(12)13/h1-3,6-11,19H,4-5H2. The predicted octanol–water partition coefficient (Wildman–Crippen LogP) is 6.08. The van der Waals surface area contributed by atoms with Gasteiger partial charge in [-0.3, -0.25) is 0 Å². The molecule has 0 aliphatic heterocycles. The molecule has 3 aromatic rings. The van der Waals surface area contributed by atoms with Crippen molar-refractivity contribution in [1.82, 2.24) is 0 Å². The van der Waals surface area contributed by atoms with Gasteiger partial charge in [-0.05, 0) is 58.0 Å². The summed E-state index contributed by atoms with van der Waals surface area (Å²) < 4.78 is 0. The molecule has 0 N–H and O–H groups in total. The quantitative estimate of drug-likeness (QED) is 0.488. The summed E-state index contributed by atoms with van der Waals surface area (Å²) in [5.74, 6) is 0. The zero-order valence-electron chi connectivity index (χ0n) is 11.4. The van der Waals surface area contributed by atoms with Crippen LogP contribution in [0.3, 0.4) is 0 Å². The predicted molar refractivity (Wildman–Crippen MR) is 93.6 cm³/mol. The Balaban J connectivity index is 1.89. The number of rotatable bonds is 2. The topological polar surface area (TPSA) is 0 Å². The second-order valence-corrected chi connectivity index (χ2v) is 6.92. The van der Waals surface area contributed by atoms with E-state index in [-0.39, 0.29) is 4.83 Å². The van der Waals surface area contributed by atoms with Crippen LogP contribution in [0.15, 0.2) is 54.6 Å². The summed E-state index contributed by atoms with van der Waals surface area (Å²) in [7, 11) is 0. The van der Waals surface area contributed by atoms with E-state index >= 15 is 0 Å². The van der Waals surface area contributed by atoms with Crippen molar-refractivity contribution >= 4 is 38.3 Å². The molecule has 0 saturated carbocycles. The molecule has 3 aromatic carbocycles. The van der Waals surface area contributed by atoms with Crippen molar-refractivity contribution in [3.63, 3.8) is 0 Å². The number of hydrogen-bond acceptors (Lipinski definition) is 0. The zero-order valence-corrected chi connectivity index (χ0v) is 13.8. The van der Waals surface area contributed by atoms with Crippen LogP contribution in [0.5, 0.6) is 0 Å². The van der Waals surface area contributed by atoms with E-state index in [2.05, 4.69) is 58.4 Å². The molecule has 1 aliphatic carbocycles. The lowest BCUT2D eigenvalue weighted by atomic mass is 9.95. The highest BCUT2D eigenvalue weighted by atomic mass is 79.9. The second-order valence-electron chi connectivity index (χ2n) is 5.57. The molecule has 0 saturated heterocycles. The Kier molecular flexibility index (Phi) is 3.28. The third-order valence-corrected chi connectivity index (χ3v) is 5.62. The van der Waals surface area contributed by atoms with Crippen molar-refractivity contribution in [2.24, 2.45) is 0 Å². The van der Waals surface area contributed by atoms with E-state index in [9.17, 15) is 0 Å². The molecule has 0 aromatic heterocycles. The number of halogens is 2. The average Bonchev–Trinajstić information content (AvgIpc) is 2.93. The molecule has 0 heterocycles. The molecule has 1 aliphatic rings. The SMILES string of the molecule is Clc1ccc(C(Br)c2ccc3c4c(cccc24)CC3)cc1. The highest BCUT2D eigenvalue weighted by Gasteiger charge is 2.19. The highest BCUT2D eigenvalue weighted by molar-refractivity contribution is 9.09. The summed E-state index contributed by atoms with van der Waals surface area (Å²) >= 11 is 9.86. The first-order valence-electron chi connectivity index (χ1n) is 7.17. The van der Waals surface area contributed by atoms with Crippen LogP contribution < -0.4 is 0 Å². The summed E-state index contributed by atoms with van der Waals surface area (Å²) in [6, 6.07) is 19.3. The number of benzene rings is 3. The van der Waals surface area contributed by atoms with Gasteiger partial charge < -0.3 is 0 Å². The second kappa shape index (κ2) is 5.15. The fourth-order valence-corrected chi connectivity index (χ4v) is 4.13. The minimum atomic E-state index is 0.194. The lowest BCUT2D eigenvalue weighted by molar-refractivity contribution is 1.02. The Bertz CT molecular complexity index is 811. The number of hydrogen-bond donors (Lipinski definition) is 0. The van der Waals surface area contributed by atoms with Gasteiger partial charge in [0.15, 0.2) is 0 Å². The van der Waals surface area contributed by atoms with Gasteiger partial charge in [-0.2, -0.15) is 0 Å². The Morgan fingerprint density at radius 2 is 1.57 bits per heavy atom. The van der Waals surface area contributed by atoms with Crippen molar-refractivity contribution in [2.75, 3.05) is 0 Å². The van der Waals surface area contributed by atoms with Crippen LogP contribution in [0.4, 0.5) is 0 Å². The van der Waals surface area contributed by atoms with Crippen LogP contribution in [0.25, 0.3) is 10.8 Å². The van der Waals surface area contributed by atoms with E-state index in [4.69, 9.17) is 11.6 Å². The van der Waals surface area contributed by atoms with Gasteiger partial charge in [0, 0.05) is 5.02 Å². The molecule has 104 valence electrons. The molecule has 0 amide bonds. The minimum Gasteiger partial charge on any atom is -0.0843 e. The summed E-state index contributed by atoms with van der Waals surface area (Å²) in [6.45, 7) is 0. The summed E-state index contributed by atoms with van der Waals surface area (Å²) in [5.41, 5.74) is 5.54. The van der Waals surface area contributed by atoms with Gasteiger partial charge in [-0.25, -0.2) is 0 Å². The van der Waals surface area contributed by atoms with Gasteiger partial charge in [0.25, 0.3) is 0 Å². The number of alkyl halides is 1. The summed E-state index contributed by atoms with van der Waals surface area (Å²) in [6.07, 6.45) is 2.34. The maximum Gasteiger partial charge on any atom is 0.0650 e. The van der Waals surface area contributed by atoms with Crippen LogP contribution >= 0.6 is 27.5 Å². The van der Waals surface area contributed by atoms with Crippen LogP contribution in [0, 0.1) is 0 Å². The van der Waals surface area contributed by atoms with E-state index in [1.165, 1.54) is 45.9 Å². The van der Waals surface area contributed by atoms with Crippen molar-refractivity contribution in [3.8, 4) is 0 Å². The molecular formula is C19H14BrCl. The molecule has 0 radical (unpaired) electrons. The van der Waals surface area contributed by atoms with Gasteiger partial charge in [0.2, 0.25) is 0 Å². The van der Waals surface area contributed by atoms with Gasteiger partial charge in [-0.15, -0.1) is 0 Å². The third-order valence-electron chi connectivity index (χ3n) is 4.35. The molecule has 4 rings (SSSR count). The maximum absolute atomic E-state index is 5.99. The van der Waals surface area contributed by atoms with Crippen LogP contribution in [-0.4, -0.2) is 0 Å². The fraction of sp³-hybridized carbons (Fsp3) is 0.158. The van der Waals surface area contributed by atoms with Gasteiger partial charge in [0.05, 0.1) is 4.83 Å². The molecule has 0 spiro atoms. The monoisotopic (exact) mass is 356 g/mol. The van der Waals surface area contributed by atoms with Crippen molar-refractivity contribution in [3.05, 3.63) is 81.9 Å². The van der Waals surface area contributed by atoms with E-state index in [0.29, 0.717) is 0 Å². The lowest BCUT2D eigenvalue weighted by Crippen LogP contribution is -1.95. The number of aryl methyl sites for hydroxylation is 2. The first-order valence-corrected chi connectivity index (χ1v) is 8.46. The van der Waals surface area contributed by atoms with Crippen LogP contribution in [-0.2, 0) is 12.8 Å². The van der Waals surface area contributed by atoms with Gasteiger partial charge in [0.1, 0.15) is 0 Å². The molecule has 21 heavy (non-hydrogen) atoms. The van der Waals surface area contributed by atoms with Crippen molar-refractivity contribution in [2.45, 2.75) is 17.7 Å². The lowest BCUT2D eigenvalue weighted by Gasteiger charge is -2.15. The van der Waals surface area contributed by atoms with E-state index < -0.39 is 0 Å². The molecule has 1 atom stereocenters. The molecule has 1 unspecified atom stereocenters. The fourth-order valence-electron chi connectivity index (χ4n) is 3.30. The molecule has 0 bridgehead atoms. The van der Waals surface area contributed by atoms with Gasteiger partial charge >= 0.3 is 0 Å². The van der Waals surface area contributed by atoms with Gasteiger partial charge in [-0.1, -0.05) is 70.0 Å². The first kappa shape index (κ1) is 13.4. The van der Waals surface area contributed by atoms with Crippen LogP contribution in [0.2, 0.25) is 5.02 Å². The Morgan fingerprint density at radius 1 is 0.857 bits per heavy atom.